The molecule has 0 saturated heterocycles. The van der Waals surface area contributed by atoms with E-state index in [-0.39, 0.29) is 0 Å². The van der Waals surface area contributed by atoms with Crippen molar-refractivity contribution in [3.05, 3.63) is 0 Å². The van der Waals surface area contributed by atoms with Crippen molar-refractivity contribution in [3.8, 4) is 0 Å². The normalized spacial score (nSPS) is 14.4. The van der Waals surface area contributed by atoms with Gasteiger partial charge in [0.05, 0.1) is 0 Å². The summed E-state index contributed by atoms with van der Waals surface area (Å²) >= 11 is 0. The van der Waals surface area contributed by atoms with E-state index in [1.165, 1.54) is 0 Å². The molecule has 0 aromatic carbocycles. The highest BCUT2D eigenvalue weighted by Crippen LogP contribution is 2.26. The van der Waals surface area contributed by atoms with Crippen molar-refractivity contribution < 1.29 is 38.9 Å². The summed E-state index contributed by atoms with van der Waals surface area (Å²) in [6.45, 7) is -5.06. The lowest BCUT2D eigenvalue weighted by Crippen LogP contribution is -2.35. The number of hydrogen-bond acceptors (Lipinski definition) is 3. The van der Waals surface area contributed by atoms with Gasteiger partial charge in [-0.15, -0.1) is 0 Å². The third-order valence-electron chi connectivity index (χ3n) is 0.899. The topological polar surface area (TPSA) is 43.4 Å². The maximum absolute atomic E-state index is 12.1. The Hall–Kier alpha value is -0.510. The van der Waals surface area contributed by atoms with Gasteiger partial charge >= 0.3 is 21.5 Å². The minimum atomic E-state index is -5.87. The van der Waals surface area contributed by atoms with Crippen molar-refractivity contribution in [1.29, 1.82) is 0 Å². The minimum Gasteiger partial charge on any atom is -0.256 e. The Labute approximate surface area is 74.8 Å². The van der Waals surface area contributed by atoms with Gasteiger partial charge in [-0.1, -0.05) is 0 Å². The van der Waals surface area contributed by atoms with E-state index < -0.39 is 34.8 Å². The maximum atomic E-state index is 12.1. The molecule has 0 heterocycles. The van der Waals surface area contributed by atoms with Crippen molar-refractivity contribution in [2.75, 3.05) is 13.3 Å². The zero-order valence-corrected chi connectivity index (χ0v) is 7.13. The third kappa shape index (κ3) is 3.70. The summed E-state index contributed by atoms with van der Waals surface area (Å²) in [5.74, 6) is 0. The predicted molar refractivity (Wildman–Crippen MR) is 31.8 cm³/mol. The highest BCUT2D eigenvalue weighted by Gasteiger charge is 2.48. The van der Waals surface area contributed by atoms with Gasteiger partial charge in [0.15, 0.2) is 13.3 Å². The quantitative estimate of drug-likeness (QED) is 0.557. The van der Waals surface area contributed by atoms with Gasteiger partial charge < -0.3 is 0 Å². The number of rotatable bonds is 4. The van der Waals surface area contributed by atoms with Gasteiger partial charge in [-0.05, 0) is 0 Å². The van der Waals surface area contributed by atoms with Gasteiger partial charge in [0.1, 0.15) is 0 Å². The average molecular weight is 246 g/mol. The lowest BCUT2D eigenvalue weighted by molar-refractivity contribution is -0.154. The maximum Gasteiger partial charge on any atom is 0.413 e. The fraction of sp³-hybridized carbons (Fsp3) is 1.00. The van der Waals surface area contributed by atoms with Gasteiger partial charge in [-0.3, -0.25) is 4.18 Å². The number of halogens is 6. The summed E-state index contributed by atoms with van der Waals surface area (Å²) in [7, 11) is -5.87. The van der Waals surface area contributed by atoms with Gasteiger partial charge in [0.25, 0.3) is 0 Å². The molecule has 10 heteroatoms. The first-order valence-corrected chi connectivity index (χ1v) is 4.32. The van der Waals surface area contributed by atoms with Crippen LogP contribution in [-0.2, 0) is 14.3 Å². The Balaban J connectivity index is 4.53. The second kappa shape index (κ2) is 3.93. The van der Waals surface area contributed by atoms with Crippen LogP contribution in [0.2, 0.25) is 0 Å². The molecule has 0 saturated carbocycles. The second-order valence-corrected chi connectivity index (χ2v) is 3.84. The van der Waals surface area contributed by atoms with Crippen LogP contribution in [0.25, 0.3) is 0 Å². The fourth-order valence-electron chi connectivity index (χ4n) is 0.297. The first kappa shape index (κ1) is 13.5. The molecular weight excluding hydrogens is 242 g/mol. The van der Waals surface area contributed by atoms with Crippen LogP contribution in [0.3, 0.4) is 0 Å². The Kier molecular flexibility index (Phi) is 3.78. The second-order valence-electron chi connectivity index (χ2n) is 2.10. The molecule has 0 aromatic rings. The standard InChI is InChI=1S/C4H4F6O3S/c5-1-4(9,10)14(11,12)13-2-3(6,7)8/h1-2H2. The SMILES string of the molecule is O=S(=O)(OCC(F)(F)F)C(F)(F)CF. The number of hydrogen-bond donors (Lipinski definition) is 0. The summed E-state index contributed by atoms with van der Waals surface area (Å²) in [5, 5.41) is -4.96. The van der Waals surface area contributed by atoms with Crippen LogP contribution in [0.1, 0.15) is 0 Å². The van der Waals surface area contributed by atoms with Crippen LogP contribution < -0.4 is 0 Å². The van der Waals surface area contributed by atoms with Crippen LogP contribution in [0.15, 0.2) is 0 Å². The first-order valence-electron chi connectivity index (χ1n) is 2.91. The van der Waals surface area contributed by atoms with E-state index in [0.717, 1.165) is 0 Å². The molecule has 0 atom stereocenters. The predicted octanol–water partition coefficient (Wildman–Crippen LogP) is 1.46. The van der Waals surface area contributed by atoms with Crippen molar-refractivity contribution in [2.24, 2.45) is 0 Å². The van der Waals surface area contributed by atoms with Crippen molar-refractivity contribution >= 4 is 10.1 Å². The zero-order chi connectivity index (χ0) is 11.6. The molecule has 0 radical (unpaired) electrons. The Morgan fingerprint density at radius 1 is 1.07 bits per heavy atom. The Morgan fingerprint density at radius 2 is 1.50 bits per heavy atom. The first-order chi connectivity index (χ1) is 6.02. The lowest BCUT2D eigenvalue weighted by atomic mass is 10.7. The van der Waals surface area contributed by atoms with Crippen molar-refractivity contribution in [3.63, 3.8) is 0 Å². The van der Waals surface area contributed by atoms with E-state index in [1.54, 1.807) is 0 Å². The summed E-state index contributed by atoms with van der Waals surface area (Å²) in [6.07, 6.45) is -5.08. The van der Waals surface area contributed by atoms with Crippen LogP contribution in [0.5, 0.6) is 0 Å². The number of alkyl halides is 6. The van der Waals surface area contributed by atoms with E-state index in [0.29, 0.717) is 0 Å². The molecule has 0 aliphatic heterocycles. The fourth-order valence-corrected chi connectivity index (χ4v) is 0.892. The van der Waals surface area contributed by atoms with Crippen molar-refractivity contribution in [1.82, 2.24) is 0 Å². The van der Waals surface area contributed by atoms with Gasteiger partial charge in [0.2, 0.25) is 0 Å². The van der Waals surface area contributed by atoms with E-state index in [1.807, 2.05) is 0 Å². The van der Waals surface area contributed by atoms with Crippen molar-refractivity contribution in [2.45, 2.75) is 11.4 Å². The van der Waals surface area contributed by atoms with Crippen LogP contribution in [0.4, 0.5) is 26.3 Å². The molecule has 0 aliphatic carbocycles. The zero-order valence-electron chi connectivity index (χ0n) is 6.31. The summed E-state index contributed by atoms with van der Waals surface area (Å²) in [5.41, 5.74) is 0. The lowest BCUT2D eigenvalue weighted by Gasteiger charge is -2.13. The molecule has 0 spiro atoms. The summed E-state index contributed by atoms with van der Waals surface area (Å²) in [6, 6.07) is 0. The molecular formula is C4H4F6O3S. The third-order valence-corrected chi connectivity index (χ3v) is 2.17. The molecule has 0 aliphatic rings. The van der Waals surface area contributed by atoms with Gasteiger partial charge in [-0.25, -0.2) is 4.39 Å². The molecule has 0 aromatic heterocycles. The highest BCUT2D eigenvalue weighted by atomic mass is 32.2. The molecule has 0 unspecified atom stereocenters. The molecule has 0 N–H and O–H groups in total. The highest BCUT2D eigenvalue weighted by molar-refractivity contribution is 7.87. The minimum absolute atomic E-state index is 2.41. The molecule has 86 valence electrons. The van der Waals surface area contributed by atoms with E-state index in [4.69, 9.17) is 0 Å². The largest absolute Gasteiger partial charge is 0.413 e. The van der Waals surface area contributed by atoms with Crippen LogP contribution >= 0.6 is 0 Å². The molecule has 3 nitrogen and oxygen atoms in total. The van der Waals surface area contributed by atoms with Gasteiger partial charge in [-0.2, -0.15) is 30.4 Å². The summed E-state index contributed by atoms with van der Waals surface area (Å²) in [4.78, 5) is 0. The van der Waals surface area contributed by atoms with Gasteiger partial charge in [0, 0.05) is 0 Å². The van der Waals surface area contributed by atoms with E-state index >= 15 is 0 Å². The van der Waals surface area contributed by atoms with Crippen LogP contribution in [-0.4, -0.2) is 33.1 Å². The Morgan fingerprint density at radius 3 is 1.79 bits per heavy atom. The average Bonchev–Trinajstić information content (AvgIpc) is 1.99. The Bertz CT molecular complexity index is 280. The van der Waals surface area contributed by atoms with Crippen LogP contribution in [0, 0.1) is 0 Å². The molecule has 0 fully saturated rings. The molecule has 0 rings (SSSR count). The van der Waals surface area contributed by atoms with E-state index in [2.05, 4.69) is 4.18 Å². The van der Waals surface area contributed by atoms with E-state index in [9.17, 15) is 34.8 Å². The smallest absolute Gasteiger partial charge is 0.256 e. The molecule has 0 amide bonds. The summed E-state index contributed by atoms with van der Waals surface area (Å²) < 4.78 is 92.9. The monoisotopic (exact) mass is 246 g/mol. The molecule has 0 bridgehead atoms. The molecule has 14 heavy (non-hydrogen) atoms.